The lowest BCUT2D eigenvalue weighted by molar-refractivity contribution is 0.0933. The number of fused-ring (bicyclic) bond motifs is 1. The van der Waals surface area contributed by atoms with Gasteiger partial charge in [-0.15, -0.1) is 5.10 Å². The first-order valence-electron chi connectivity index (χ1n) is 6.74. The number of hydrogen-bond acceptors (Lipinski definition) is 4. The highest BCUT2D eigenvalue weighted by Gasteiger charge is 2.23. The van der Waals surface area contributed by atoms with Crippen LogP contribution in [0.2, 0.25) is 0 Å². The van der Waals surface area contributed by atoms with Crippen LogP contribution in [0.1, 0.15) is 21.6 Å². The summed E-state index contributed by atoms with van der Waals surface area (Å²) in [6, 6.07) is 8.42. The molecule has 0 aliphatic heterocycles. The van der Waals surface area contributed by atoms with Crippen LogP contribution >= 0.6 is 0 Å². The molecule has 2 aromatic rings. The van der Waals surface area contributed by atoms with Crippen molar-refractivity contribution >= 4 is 5.91 Å². The molecule has 3 rings (SSSR count). The molecule has 3 N–H and O–H groups in total. The van der Waals surface area contributed by atoms with Crippen LogP contribution in [0, 0.1) is 0 Å². The molecule has 20 heavy (non-hydrogen) atoms. The van der Waals surface area contributed by atoms with Crippen LogP contribution in [-0.4, -0.2) is 33.5 Å². The van der Waals surface area contributed by atoms with Crippen molar-refractivity contribution in [1.29, 1.82) is 0 Å². The number of nitrogens with two attached hydrogens (primary N) is 1. The molecule has 0 spiro atoms. The van der Waals surface area contributed by atoms with Crippen molar-refractivity contribution in [3.8, 4) is 0 Å². The monoisotopic (exact) mass is 271 g/mol. The molecule has 0 atom stereocenters. The van der Waals surface area contributed by atoms with E-state index in [2.05, 4.69) is 27.8 Å². The molecule has 0 unspecified atom stereocenters. The fraction of sp³-hybridized carbons (Fsp3) is 0.357. The Morgan fingerprint density at radius 2 is 2.05 bits per heavy atom. The molecule has 1 aliphatic rings. The second-order valence-electron chi connectivity index (χ2n) is 5.00. The zero-order valence-corrected chi connectivity index (χ0v) is 11.1. The van der Waals surface area contributed by atoms with Crippen LogP contribution in [0.3, 0.4) is 0 Å². The quantitative estimate of drug-likeness (QED) is 0.828. The molecule has 6 nitrogen and oxygen atoms in total. The minimum Gasteiger partial charge on any atom is -0.347 e. The van der Waals surface area contributed by atoms with Gasteiger partial charge in [0.15, 0.2) is 5.69 Å². The Morgan fingerprint density at radius 1 is 1.35 bits per heavy atom. The molecule has 1 aromatic heterocycles. The lowest BCUT2D eigenvalue weighted by Crippen LogP contribution is -2.35. The minimum atomic E-state index is -0.175. The Bertz CT molecular complexity index is 597. The molecule has 0 saturated heterocycles. The van der Waals surface area contributed by atoms with E-state index in [4.69, 9.17) is 5.73 Å². The molecular weight excluding hydrogens is 254 g/mol. The number of nitrogens with one attached hydrogen (secondary N) is 1. The van der Waals surface area contributed by atoms with Crippen LogP contribution in [0.15, 0.2) is 30.5 Å². The van der Waals surface area contributed by atoms with Gasteiger partial charge < -0.3 is 11.1 Å². The fourth-order valence-corrected chi connectivity index (χ4v) is 2.56. The molecule has 104 valence electrons. The first-order chi connectivity index (χ1) is 9.76. The van der Waals surface area contributed by atoms with Crippen LogP contribution in [-0.2, 0) is 19.4 Å². The Hall–Kier alpha value is -2.21. The van der Waals surface area contributed by atoms with Crippen molar-refractivity contribution in [2.24, 2.45) is 5.73 Å². The van der Waals surface area contributed by atoms with Gasteiger partial charge in [-0.25, -0.2) is 0 Å². The van der Waals surface area contributed by atoms with Crippen molar-refractivity contribution in [2.45, 2.75) is 25.4 Å². The summed E-state index contributed by atoms with van der Waals surface area (Å²) in [5.41, 5.74) is 8.40. The number of amides is 1. The predicted octanol–water partition coefficient (Wildman–Crippen LogP) is 0.134. The highest BCUT2D eigenvalue weighted by atomic mass is 16.2. The number of nitrogens with zero attached hydrogens (tertiary/aromatic N) is 3. The maximum Gasteiger partial charge on any atom is 0.273 e. The average Bonchev–Trinajstić information content (AvgIpc) is 3.04. The summed E-state index contributed by atoms with van der Waals surface area (Å²) in [6.45, 7) is 1.04. The summed E-state index contributed by atoms with van der Waals surface area (Å²) in [4.78, 5) is 12.1. The Labute approximate surface area is 117 Å². The van der Waals surface area contributed by atoms with Gasteiger partial charge in [-0.1, -0.05) is 29.5 Å². The number of aromatic nitrogens is 3. The fourth-order valence-electron chi connectivity index (χ4n) is 2.56. The zero-order chi connectivity index (χ0) is 13.9. The minimum absolute atomic E-state index is 0.138. The third-order valence-corrected chi connectivity index (χ3v) is 3.52. The summed E-state index contributed by atoms with van der Waals surface area (Å²) < 4.78 is 1.58. The molecule has 0 fully saturated rings. The number of benzene rings is 1. The number of hydrogen-bond donors (Lipinski definition) is 2. The van der Waals surface area contributed by atoms with Crippen molar-refractivity contribution in [1.82, 2.24) is 20.3 Å². The molecule has 0 saturated carbocycles. The molecule has 0 bridgehead atoms. The third-order valence-electron chi connectivity index (χ3n) is 3.52. The topological polar surface area (TPSA) is 85.8 Å². The van der Waals surface area contributed by atoms with E-state index in [0.29, 0.717) is 18.8 Å². The van der Waals surface area contributed by atoms with Gasteiger partial charge in [0.2, 0.25) is 0 Å². The van der Waals surface area contributed by atoms with E-state index in [1.807, 2.05) is 12.1 Å². The lowest BCUT2D eigenvalue weighted by atomic mass is 10.1. The summed E-state index contributed by atoms with van der Waals surface area (Å²) in [5, 5.41) is 10.7. The standard InChI is InChI=1S/C14H17N5O/c15-5-6-19-9-13(17-18-19)14(20)16-12-7-10-3-1-2-4-11(10)8-12/h1-4,9,12H,5-8,15H2,(H,16,20). The largest absolute Gasteiger partial charge is 0.347 e. The average molecular weight is 271 g/mol. The number of carbonyl (C=O) groups excluding carboxylic acids is 1. The Morgan fingerprint density at radius 3 is 2.70 bits per heavy atom. The summed E-state index contributed by atoms with van der Waals surface area (Å²) in [6.07, 6.45) is 3.38. The maximum atomic E-state index is 12.1. The van der Waals surface area contributed by atoms with Gasteiger partial charge in [0.25, 0.3) is 5.91 Å². The summed E-state index contributed by atoms with van der Waals surface area (Å²) >= 11 is 0. The smallest absolute Gasteiger partial charge is 0.273 e. The van der Waals surface area contributed by atoms with Gasteiger partial charge in [-0.3, -0.25) is 9.48 Å². The Balaban J connectivity index is 1.62. The molecule has 1 aromatic carbocycles. The number of rotatable bonds is 4. The molecule has 1 amide bonds. The lowest BCUT2D eigenvalue weighted by Gasteiger charge is -2.10. The van der Waals surface area contributed by atoms with E-state index in [0.717, 1.165) is 12.8 Å². The van der Waals surface area contributed by atoms with E-state index in [-0.39, 0.29) is 11.9 Å². The highest BCUT2D eigenvalue weighted by molar-refractivity contribution is 5.92. The van der Waals surface area contributed by atoms with Crippen LogP contribution in [0.25, 0.3) is 0 Å². The summed E-state index contributed by atoms with van der Waals surface area (Å²) in [7, 11) is 0. The third kappa shape index (κ3) is 2.55. The first kappa shape index (κ1) is 12.8. The summed E-state index contributed by atoms with van der Waals surface area (Å²) in [5.74, 6) is -0.175. The number of carbonyl (C=O) groups is 1. The van der Waals surface area contributed by atoms with Crippen molar-refractivity contribution in [3.63, 3.8) is 0 Å². The highest BCUT2D eigenvalue weighted by Crippen LogP contribution is 2.21. The van der Waals surface area contributed by atoms with Crippen molar-refractivity contribution in [2.75, 3.05) is 6.54 Å². The van der Waals surface area contributed by atoms with E-state index in [9.17, 15) is 4.79 Å². The SMILES string of the molecule is NCCn1cc(C(=O)NC2Cc3ccccc3C2)nn1. The van der Waals surface area contributed by atoms with E-state index in [1.165, 1.54) is 11.1 Å². The molecule has 1 aliphatic carbocycles. The molecule has 0 radical (unpaired) electrons. The molecular formula is C14H17N5O. The van der Waals surface area contributed by atoms with Crippen LogP contribution in [0.4, 0.5) is 0 Å². The van der Waals surface area contributed by atoms with E-state index < -0.39 is 0 Å². The van der Waals surface area contributed by atoms with E-state index >= 15 is 0 Å². The van der Waals surface area contributed by atoms with Gasteiger partial charge in [0.1, 0.15) is 0 Å². The first-order valence-corrected chi connectivity index (χ1v) is 6.74. The zero-order valence-electron chi connectivity index (χ0n) is 11.1. The second kappa shape index (κ2) is 5.42. The van der Waals surface area contributed by atoms with Gasteiger partial charge in [-0.2, -0.15) is 0 Å². The molecule has 1 heterocycles. The van der Waals surface area contributed by atoms with Crippen molar-refractivity contribution < 1.29 is 4.79 Å². The van der Waals surface area contributed by atoms with Gasteiger partial charge >= 0.3 is 0 Å². The van der Waals surface area contributed by atoms with Gasteiger partial charge in [0.05, 0.1) is 12.7 Å². The molecule has 6 heteroatoms. The van der Waals surface area contributed by atoms with Crippen molar-refractivity contribution in [3.05, 3.63) is 47.3 Å². The van der Waals surface area contributed by atoms with E-state index in [1.54, 1.807) is 10.9 Å². The Kier molecular flexibility index (Phi) is 3.47. The maximum absolute atomic E-state index is 12.1. The predicted molar refractivity (Wildman–Crippen MR) is 74.2 cm³/mol. The van der Waals surface area contributed by atoms with Gasteiger partial charge in [0, 0.05) is 12.6 Å². The van der Waals surface area contributed by atoms with Crippen LogP contribution < -0.4 is 11.1 Å². The normalized spacial score (nSPS) is 14.2. The van der Waals surface area contributed by atoms with Gasteiger partial charge in [-0.05, 0) is 24.0 Å². The van der Waals surface area contributed by atoms with Crippen LogP contribution in [0.5, 0.6) is 0 Å². The second-order valence-corrected chi connectivity index (χ2v) is 5.00.